The van der Waals surface area contributed by atoms with E-state index in [0.29, 0.717) is 5.92 Å². The van der Waals surface area contributed by atoms with Gasteiger partial charge < -0.3 is 19.8 Å². The molecule has 4 aliphatic heterocycles. The van der Waals surface area contributed by atoms with E-state index in [-0.39, 0.29) is 5.41 Å². The van der Waals surface area contributed by atoms with Gasteiger partial charge in [0, 0.05) is 51.7 Å². The minimum Gasteiger partial charge on any atom is -0.387 e. The van der Waals surface area contributed by atoms with Crippen LogP contribution in [0.4, 0.5) is 0 Å². The molecule has 4 heterocycles. The highest BCUT2D eigenvalue weighted by molar-refractivity contribution is 5.36. The zero-order valence-corrected chi connectivity index (χ0v) is 13.7. The van der Waals surface area contributed by atoms with Crippen LogP contribution in [0.1, 0.15) is 5.56 Å². The lowest BCUT2D eigenvalue weighted by atomic mass is 9.57. The van der Waals surface area contributed by atoms with Crippen LogP contribution in [0.25, 0.3) is 0 Å². The average Bonchev–Trinajstić information content (AvgIpc) is 2.74. The molecule has 120 valence electrons. The van der Waals surface area contributed by atoms with Gasteiger partial charge in [-0.3, -0.25) is 0 Å². The molecule has 22 heavy (non-hydrogen) atoms. The van der Waals surface area contributed by atoms with Gasteiger partial charge in [-0.05, 0) is 19.7 Å². The normalized spacial score (nSPS) is 43.5. The molecule has 0 radical (unpaired) electrons. The van der Waals surface area contributed by atoms with E-state index in [9.17, 15) is 5.11 Å². The summed E-state index contributed by atoms with van der Waals surface area (Å²) in [6, 6.07) is 10.7. The Kier molecular flexibility index (Phi) is 3.35. The molecule has 1 aromatic rings. The zero-order valence-electron chi connectivity index (χ0n) is 13.7. The summed E-state index contributed by atoms with van der Waals surface area (Å²) in [4.78, 5) is 7.32. The van der Waals surface area contributed by atoms with E-state index in [1.165, 1.54) is 5.56 Å². The highest BCUT2D eigenvalue weighted by Crippen LogP contribution is 2.50. The maximum Gasteiger partial charge on any atom is 0.0946 e. The van der Waals surface area contributed by atoms with Gasteiger partial charge in [0.2, 0.25) is 0 Å². The van der Waals surface area contributed by atoms with Gasteiger partial charge in [-0.2, -0.15) is 0 Å². The van der Waals surface area contributed by atoms with Gasteiger partial charge in [0.15, 0.2) is 0 Å². The first-order valence-corrected chi connectivity index (χ1v) is 8.41. The van der Waals surface area contributed by atoms with Crippen LogP contribution in [0.3, 0.4) is 0 Å². The van der Waals surface area contributed by atoms with Crippen molar-refractivity contribution in [3.8, 4) is 0 Å². The topological polar surface area (TPSA) is 30.0 Å². The first kappa shape index (κ1) is 14.6. The lowest BCUT2D eigenvalue weighted by molar-refractivity contribution is -0.168. The second kappa shape index (κ2) is 5.03. The summed E-state index contributed by atoms with van der Waals surface area (Å²) >= 11 is 0. The van der Waals surface area contributed by atoms with Crippen LogP contribution in [0.15, 0.2) is 30.3 Å². The molecule has 4 heteroatoms. The predicted molar refractivity (Wildman–Crippen MR) is 88.0 cm³/mol. The summed E-state index contributed by atoms with van der Waals surface area (Å²) < 4.78 is 0. The van der Waals surface area contributed by atoms with Crippen LogP contribution < -0.4 is 0 Å². The maximum atomic E-state index is 11.9. The van der Waals surface area contributed by atoms with E-state index < -0.39 is 5.60 Å². The quantitative estimate of drug-likeness (QED) is 0.879. The molecule has 4 bridgehead atoms. The highest BCUT2D eigenvalue weighted by Gasteiger charge is 2.63. The molecule has 0 aliphatic carbocycles. The Balaban J connectivity index is 1.86. The second-order valence-electron chi connectivity index (χ2n) is 7.78. The molecule has 4 nitrogen and oxygen atoms in total. The van der Waals surface area contributed by atoms with E-state index in [2.05, 4.69) is 59.1 Å². The summed E-state index contributed by atoms with van der Waals surface area (Å²) in [6.45, 7) is 7.06. The number of hydrogen-bond donors (Lipinski definition) is 1. The van der Waals surface area contributed by atoms with Crippen LogP contribution in [0.5, 0.6) is 0 Å². The number of nitrogens with zero attached hydrogens (tertiary/aromatic N) is 3. The maximum absolute atomic E-state index is 11.9. The minimum atomic E-state index is -0.644. The third-order valence-corrected chi connectivity index (χ3v) is 6.06. The molecule has 5 rings (SSSR count). The Hall–Kier alpha value is -0.940. The minimum absolute atomic E-state index is 0.170. The number of rotatable bonds is 3. The summed E-state index contributed by atoms with van der Waals surface area (Å²) in [5, 5.41) is 11.9. The van der Waals surface area contributed by atoms with Crippen molar-refractivity contribution in [1.82, 2.24) is 14.7 Å². The molecule has 0 aromatic heterocycles. The van der Waals surface area contributed by atoms with Gasteiger partial charge >= 0.3 is 0 Å². The summed E-state index contributed by atoms with van der Waals surface area (Å²) in [7, 11) is 4.16. The molecule has 2 unspecified atom stereocenters. The van der Waals surface area contributed by atoms with Crippen LogP contribution in [0, 0.1) is 5.92 Å². The lowest BCUT2D eigenvalue weighted by Gasteiger charge is -2.61. The van der Waals surface area contributed by atoms with Crippen molar-refractivity contribution in [2.75, 3.05) is 59.9 Å². The van der Waals surface area contributed by atoms with Gasteiger partial charge in [-0.1, -0.05) is 30.3 Å². The van der Waals surface area contributed by atoms with Gasteiger partial charge in [0.25, 0.3) is 0 Å². The van der Waals surface area contributed by atoms with Crippen molar-refractivity contribution < 1.29 is 5.11 Å². The van der Waals surface area contributed by atoms with Crippen molar-refractivity contribution in [1.29, 1.82) is 0 Å². The largest absolute Gasteiger partial charge is 0.387 e. The number of hydrogen-bond acceptors (Lipinski definition) is 4. The molecule has 0 amide bonds. The number of piperidine rings is 2. The summed E-state index contributed by atoms with van der Waals surface area (Å²) in [6.07, 6.45) is 0. The lowest BCUT2D eigenvalue weighted by Crippen LogP contribution is -2.75. The Morgan fingerprint density at radius 3 is 2.23 bits per heavy atom. The monoisotopic (exact) mass is 301 g/mol. The highest BCUT2D eigenvalue weighted by atomic mass is 16.3. The van der Waals surface area contributed by atoms with Crippen molar-refractivity contribution in [2.24, 2.45) is 5.92 Å². The molecule has 1 N–H and O–H groups in total. The van der Waals surface area contributed by atoms with Crippen LogP contribution in [-0.2, 0) is 5.41 Å². The molecule has 4 aliphatic rings. The van der Waals surface area contributed by atoms with Crippen molar-refractivity contribution in [2.45, 2.75) is 11.0 Å². The molecule has 0 saturated carbocycles. The Labute approximate surface area is 133 Å². The smallest absolute Gasteiger partial charge is 0.0946 e. The van der Waals surface area contributed by atoms with Crippen molar-refractivity contribution >= 4 is 0 Å². The number of likely N-dealkylation sites (N-methyl/N-ethyl adjacent to an activating group) is 1. The van der Waals surface area contributed by atoms with Crippen molar-refractivity contribution in [3.05, 3.63) is 35.9 Å². The predicted octanol–water partition coefficient (Wildman–Crippen LogP) is 0.478. The van der Waals surface area contributed by atoms with Crippen LogP contribution >= 0.6 is 0 Å². The standard InChI is InChI=1S/C18H27N3O/c1-19(2)14-18(22)16-10-20-8-9-21(11-16)13-17(18,12-20)15-6-4-3-5-7-15/h3-7,16,22H,8-14H2,1-2H3/t16?,17?,18-/m1/s1. The fraction of sp³-hybridized carbons (Fsp3) is 0.667. The van der Waals surface area contributed by atoms with Gasteiger partial charge in [-0.25, -0.2) is 0 Å². The van der Waals surface area contributed by atoms with E-state index in [0.717, 1.165) is 45.8 Å². The molecule has 0 spiro atoms. The molecule has 4 saturated heterocycles. The first-order valence-electron chi connectivity index (χ1n) is 8.41. The van der Waals surface area contributed by atoms with Gasteiger partial charge in [0.05, 0.1) is 11.0 Å². The molecule has 3 atom stereocenters. The van der Waals surface area contributed by atoms with E-state index in [1.54, 1.807) is 0 Å². The molecular formula is C18H27N3O. The average molecular weight is 301 g/mol. The van der Waals surface area contributed by atoms with Gasteiger partial charge in [0.1, 0.15) is 0 Å². The van der Waals surface area contributed by atoms with E-state index in [1.807, 2.05) is 0 Å². The number of aliphatic hydroxyl groups is 1. The summed E-state index contributed by atoms with van der Waals surface area (Å²) in [5.74, 6) is 0.333. The summed E-state index contributed by atoms with van der Waals surface area (Å²) in [5.41, 5.74) is 0.492. The first-order chi connectivity index (χ1) is 10.5. The zero-order chi connectivity index (χ0) is 15.4. The number of benzene rings is 1. The Morgan fingerprint density at radius 2 is 1.68 bits per heavy atom. The third-order valence-electron chi connectivity index (χ3n) is 6.06. The molecule has 4 fully saturated rings. The van der Waals surface area contributed by atoms with E-state index in [4.69, 9.17) is 0 Å². The van der Waals surface area contributed by atoms with Gasteiger partial charge in [-0.15, -0.1) is 0 Å². The Bertz CT molecular complexity index is 531. The molecule has 1 aromatic carbocycles. The SMILES string of the molecule is CN(C)C[C@@]1(O)C2CN3CCN(C2)CC1(c1ccccc1)C3. The fourth-order valence-electron chi connectivity index (χ4n) is 5.17. The number of fused-ring (bicyclic) bond motifs is 1. The fourth-order valence-corrected chi connectivity index (χ4v) is 5.17. The Morgan fingerprint density at radius 1 is 1.09 bits per heavy atom. The van der Waals surface area contributed by atoms with Crippen LogP contribution in [0.2, 0.25) is 0 Å². The second-order valence-corrected chi connectivity index (χ2v) is 7.78. The van der Waals surface area contributed by atoms with Crippen LogP contribution in [-0.4, -0.2) is 85.3 Å². The van der Waals surface area contributed by atoms with Crippen molar-refractivity contribution in [3.63, 3.8) is 0 Å². The third kappa shape index (κ3) is 1.98. The van der Waals surface area contributed by atoms with E-state index >= 15 is 0 Å². The molecular weight excluding hydrogens is 274 g/mol.